The molecule has 0 amide bonds. The quantitative estimate of drug-likeness (QED) is 0.662. The van der Waals surface area contributed by atoms with Gasteiger partial charge in [-0.15, -0.1) is 0 Å². The van der Waals surface area contributed by atoms with Gasteiger partial charge in [-0.2, -0.15) is 0 Å². The molecule has 0 aromatic carbocycles. The summed E-state index contributed by atoms with van der Waals surface area (Å²) < 4.78 is 0. The molecule has 2 N–H and O–H groups in total. The molecule has 0 aromatic rings. The van der Waals surface area contributed by atoms with Crippen LogP contribution < -0.4 is 5.32 Å². The zero-order chi connectivity index (χ0) is 9.54. The molecule has 3 unspecified atom stereocenters. The van der Waals surface area contributed by atoms with Gasteiger partial charge in [-0.3, -0.25) is 0 Å². The summed E-state index contributed by atoms with van der Waals surface area (Å²) in [7, 11) is 0. The Bertz CT molecular complexity index is 251. The van der Waals surface area contributed by atoms with E-state index in [0.29, 0.717) is 6.04 Å². The lowest BCUT2D eigenvalue weighted by Crippen LogP contribution is -2.49. The number of allylic oxidation sites excluding steroid dienone is 2. The number of aliphatic hydroxyl groups is 1. The summed E-state index contributed by atoms with van der Waals surface area (Å²) in [4.78, 5) is 0. The second kappa shape index (κ2) is 3.35. The van der Waals surface area contributed by atoms with Crippen molar-refractivity contribution in [1.29, 1.82) is 0 Å². The Balaban J connectivity index is 1.47. The highest BCUT2D eigenvalue weighted by molar-refractivity contribution is 5.10. The average molecular weight is 193 g/mol. The maximum absolute atomic E-state index is 9.44. The molecule has 2 heteroatoms. The van der Waals surface area contributed by atoms with Crippen LogP contribution in [-0.4, -0.2) is 23.8 Å². The molecule has 0 radical (unpaired) electrons. The van der Waals surface area contributed by atoms with Crippen molar-refractivity contribution in [2.45, 2.75) is 37.8 Å². The molecule has 78 valence electrons. The van der Waals surface area contributed by atoms with E-state index in [0.717, 1.165) is 37.1 Å². The van der Waals surface area contributed by atoms with Crippen molar-refractivity contribution in [1.82, 2.24) is 5.32 Å². The van der Waals surface area contributed by atoms with E-state index >= 15 is 0 Å². The SMILES string of the molecule is O[C@@H]1CC[C@H]1NCC1CC2C=CC1C2. The van der Waals surface area contributed by atoms with Crippen molar-refractivity contribution in [3.8, 4) is 0 Å². The molecule has 2 fully saturated rings. The molecule has 14 heavy (non-hydrogen) atoms. The van der Waals surface area contributed by atoms with Crippen LogP contribution in [0.25, 0.3) is 0 Å². The standard InChI is InChI=1S/C12H19NO/c14-12-4-3-11(12)13-7-10-6-8-1-2-9(10)5-8/h1-2,8-14H,3-7H2/t8?,9?,10?,11-,12-/m1/s1. The largest absolute Gasteiger partial charge is 0.392 e. The van der Waals surface area contributed by atoms with Gasteiger partial charge >= 0.3 is 0 Å². The molecule has 3 aliphatic carbocycles. The smallest absolute Gasteiger partial charge is 0.0693 e. The topological polar surface area (TPSA) is 32.3 Å². The zero-order valence-corrected chi connectivity index (χ0v) is 8.52. The van der Waals surface area contributed by atoms with Gasteiger partial charge < -0.3 is 10.4 Å². The highest BCUT2D eigenvalue weighted by Gasteiger charge is 2.36. The lowest BCUT2D eigenvalue weighted by atomic mass is 9.87. The van der Waals surface area contributed by atoms with Crippen LogP contribution in [0, 0.1) is 17.8 Å². The molecule has 3 aliphatic rings. The predicted octanol–water partition coefficient (Wildman–Crippen LogP) is 1.31. The minimum Gasteiger partial charge on any atom is -0.392 e. The van der Waals surface area contributed by atoms with Crippen LogP contribution in [0.3, 0.4) is 0 Å². The third-order valence-electron chi connectivity index (χ3n) is 4.30. The summed E-state index contributed by atoms with van der Waals surface area (Å²) in [6.45, 7) is 1.12. The first-order valence-corrected chi connectivity index (χ1v) is 5.92. The van der Waals surface area contributed by atoms with Gasteiger partial charge in [0.2, 0.25) is 0 Å². The lowest BCUT2D eigenvalue weighted by Gasteiger charge is -2.34. The maximum Gasteiger partial charge on any atom is 0.0693 e. The molecule has 5 atom stereocenters. The number of hydrogen-bond acceptors (Lipinski definition) is 2. The van der Waals surface area contributed by atoms with Gasteiger partial charge in [0.15, 0.2) is 0 Å². The summed E-state index contributed by atoms with van der Waals surface area (Å²) in [5, 5.41) is 12.9. The number of hydrogen-bond donors (Lipinski definition) is 2. The Kier molecular flexibility index (Phi) is 2.14. The van der Waals surface area contributed by atoms with Crippen LogP contribution in [0.4, 0.5) is 0 Å². The van der Waals surface area contributed by atoms with Gasteiger partial charge in [0, 0.05) is 6.04 Å². The van der Waals surface area contributed by atoms with Crippen LogP contribution in [0.5, 0.6) is 0 Å². The van der Waals surface area contributed by atoms with Crippen LogP contribution >= 0.6 is 0 Å². The molecule has 0 heterocycles. The molecular weight excluding hydrogens is 174 g/mol. The number of rotatable bonds is 3. The summed E-state index contributed by atoms with van der Waals surface area (Å²) in [5.41, 5.74) is 0. The zero-order valence-electron chi connectivity index (χ0n) is 8.52. The van der Waals surface area contributed by atoms with Gasteiger partial charge in [-0.25, -0.2) is 0 Å². The maximum atomic E-state index is 9.44. The van der Waals surface area contributed by atoms with E-state index in [4.69, 9.17) is 0 Å². The fourth-order valence-electron chi connectivity index (χ4n) is 3.15. The van der Waals surface area contributed by atoms with Crippen molar-refractivity contribution < 1.29 is 5.11 Å². The van der Waals surface area contributed by atoms with Crippen molar-refractivity contribution >= 4 is 0 Å². The van der Waals surface area contributed by atoms with E-state index in [1.165, 1.54) is 12.8 Å². The molecule has 2 saturated carbocycles. The number of nitrogens with one attached hydrogen (secondary N) is 1. The first-order chi connectivity index (χ1) is 6.83. The average Bonchev–Trinajstić information content (AvgIpc) is 2.77. The third kappa shape index (κ3) is 1.41. The first-order valence-electron chi connectivity index (χ1n) is 5.92. The minimum absolute atomic E-state index is 0.0656. The second-order valence-corrected chi connectivity index (χ2v) is 5.20. The van der Waals surface area contributed by atoms with E-state index in [9.17, 15) is 5.11 Å². The molecule has 2 nitrogen and oxygen atoms in total. The molecule has 0 spiro atoms. The van der Waals surface area contributed by atoms with E-state index in [1.807, 2.05) is 0 Å². The third-order valence-corrected chi connectivity index (χ3v) is 4.30. The fraction of sp³-hybridized carbons (Fsp3) is 0.833. The highest BCUT2D eigenvalue weighted by atomic mass is 16.3. The molecule has 0 aromatic heterocycles. The molecular formula is C12H19NO. The summed E-state index contributed by atoms with van der Waals surface area (Å²) in [6.07, 6.45) is 9.64. The van der Waals surface area contributed by atoms with Gasteiger partial charge in [-0.05, 0) is 50.0 Å². The normalized spacial score (nSPS) is 49.6. The van der Waals surface area contributed by atoms with Crippen LogP contribution in [-0.2, 0) is 0 Å². The second-order valence-electron chi connectivity index (χ2n) is 5.20. The van der Waals surface area contributed by atoms with Crippen molar-refractivity contribution in [3.05, 3.63) is 12.2 Å². The van der Waals surface area contributed by atoms with Crippen LogP contribution in [0.15, 0.2) is 12.2 Å². The molecule has 3 rings (SSSR count). The van der Waals surface area contributed by atoms with E-state index in [2.05, 4.69) is 17.5 Å². The summed E-state index contributed by atoms with van der Waals surface area (Å²) >= 11 is 0. The highest BCUT2D eigenvalue weighted by Crippen LogP contribution is 2.43. The first kappa shape index (κ1) is 8.93. The Hall–Kier alpha value is -0.340. The van der Waals surface area contributed by atoms with Crippen LogP contribution in [0.2, 0.25) is 0 Å². The Morgan fingerprint density at radius 1 is 1.21 bits per heavy atom. The lowest BCUT2D eigenvalue weighted by molar-refractivity contribution is 0.0475. The van der Waals surface area contributed by atoms with Crippen LogP contribution in [0.1, 0.15) is 25.7 Å². The predicted molar refractivity (Wildman–Crippen MR) is 55.9 cm³/mol. The van der Waals surface area contributed by atoms with Crippen molar-refractivity contribution in [2.75, 3.05) is 6.54 Å². The molecule has 0 aliphatic heterocycles. The Morgan fingerprint density at radius 2 is 2.14 bits per heavy atom. The van der Waals surface area contributed by atoms with Crippen molar-refractivity contribution in [2.24, 2.45) is 17.8 Å². The fourth-order valence-corrected chi connectivity index (χ4v) is 3.15. The molecule has 2 bridgehead atoms. The number of fused-ring (bicyclic) bond motifs is 2. The Labute approximate surface area is 85.4 Å². The molecule has 0 saturated heterocycles. The van der Waals surface area contributed by atoms with E-state index in [-0.39, 0.29) is 6.10 Å². The number of aliphatic hydroxyl groups excluding tert-OH is 1. The summed E-state index contributed by atoms with van der Waals surface area (Å²) in [5.74, 6) is 2.56. The van der Waals surface area contributed by atoms with E-state index in [1.54, 1.807) is 0 Å². The Morgan fingerprint density at radius 3 is 2.64 bits per heavy atom. The van der Waals surface area contributed by atoms with Gasteiger partial charge in [0.25, 0.3) is 0 Å². The monoisotopic (exact) mass is 193 g/mol. The van der Waals surface area contributed by atoms with Gasteiger partial charge in [0.05, 0.1) is 6.10 Å². The van der Waals surface area contributed by atoms with Gasteiger partial charge in [-0.1, -0.05) is 12.2 Å². The van der Waals surface area contributed by atoms with Gasteiger partial charge in [0.1, 0.15) is 0 Å². The minimum atomic E-state index is -0.0656. The van der Waals surface area contributed by atoms with E-state index < -0.39 is 0 Å². The van der Waals surface area contributed by atoms with Crippen molar-refractivity contribution in [3.63, 3.8) is 0 Å². The summed E-state index contributed by atoms with van der Waals surface area (Å²) in [6, 6.07) is 0.401.